The number of aliphatic hydroxyl groups is 5. The van der Waals surface area contributed by atoms with E-state index in [2.05, 4.69) is 4.74 Å². The van der Waals surface area contributed by atoms with Gasteiger partial charge in [0, 0.05) is 0 Å². The number of carbonyl (C=O) groups is 1. The highest BCUT2D eigenvalue weighted by Gasteiger charge is 2.53. The summed E-state index contributed by atoms with van der Waals surface area (Å²) in [4.78, 5) is 10.7. The maximum absolute atomic E-state index is 10.7. The quantitative estimate of drug-likeness (QED) is 0.272. The molecule has 0 aromatic heterocycles. The van der Waals surface area contributed by atoms with E-state index in [4.69, 9.17) is 20.4 Å². The van der Waals surface area contributed by atoms with E-state index in [1.54, 1.807) is 0 Å². The molecule has 13 heavy (non-hydrogen) atoms. The Morgan fingerprint density at radius 2 is 1.92 bits per heavy atom. The molecular formula is C6H10O7. The summed E-state index contributed by atoms with van der Waals surface area (Å²) in [6.07, 6.45) is -5.73. The van der Waals surface area contributed by atoms with Crippen molar-refractivity contribution in [3.8, 4) is 0 Å². The van der Waals surface area contributed by atoms with Crippen LogP contribution in [0.1, 0.15) is 0 Å². The Morgan fingerprint density at radius 3 is 2.38 bits per heavy atom. The zero-order valence-corrected chi connectivity index (χ0v) is 6.49. The number of carbonyl (C=O) groups excluding carboxylic acids is 1. The van der Waals surface area contributed by atoms with E-state index in [9.17, 15) is 9.90 Å². The van der Waals surface area contributed by atoms with Gasteiger partial charge in [-0.1, -0.05) is 0 Å². The number of aliphatic hydroxyl groups excluding tert-OH is 4. The zero-order valence-electron chi connectivity index (χ0n) is 6.49. The van der Waals surface area contributed by atoms with Crippen molar-refractivity contribution in [2.24, 2.45) is 0 Å². The van der Waals surface area contributed by atoms with Crippen molar-refractivity contribution in [3.05, 3.63) is 0 Å². The molecular weight excluding hydrogens is 184 g/mol. The van der Waals surface area contributed by atoms with Gasteiger partial charge in [0.15, 0.2) is 12.2 Å². The summed E-state index contributed by atoms with van der Waals surface area (Å²) in [5.41, 5.74) is 0. The predicted molar refractivity (Wildman–Crippen MR) is 36.1 cm³/mol. The molecule has 1 aliphatic heterocycles. The number of ether oxygens (including phenoxy) is 1. The Morgan fingerprint density at radius 1 is 1.38 bits per heavy atom. The van der Waals surface area contributed by atoms with Crippen LogP contribution in [0.15, 0.2) is 0 Å². The fourth-order valence-corrected chi connectivity index (χ4v) is 1.000. The lowest BCUT2D eigenvalue weighted by Crippen LogP contribution is -2.64. The van der Waals surface area contributed by atoms with Crippen molar-refractivity contribution in [1.29, 1.82) is 0 Å². The van der Waals surface area contributed by atoms with Gasteiger partial charge in [-0.15, -0.1) is 0 Å². The second-order valence-corrected chi connectivity index (χ2v) is 2.80. The smallest absolute Gasteiger partial charge is 0.340 e. The largest absolute Gasteiger partial charge is 0.426 e. The summed E-state index contributed by atoms with van der Waals surface area (Å²) in [6.45, 7) is -1.07. The Balaban J connectivity index is 2.88. The van der Waals surface area contributed by atoms with Gasteiger partial charge in [-0.2, -0.15) is 0 Å². The number of hydrogen-bond acceptors (Lipinski definition) is 7. The molecule has 1 heterocycles. The molecule has 1 rings (SSSR count). The average Bonchev–Trinajstić information content (AvgIpc) is 2.12. The Hall–Kier alpha value is -0.730. The molecule has 0 saturated carbocycles. The van der Waals surface area contributed by atoms with E-state index in [1.807, 2.05) is 0 Å². The number of rotatable bonds is 1. The van der Waals surface area contributed by atoms with E-state index >= 15 is 0 Å². The van der Waals surface area contributed by atoms with Gasteiger partial charge in [0.2, 0.25) is 0 Å². The third kappa shape index (κ3) is 1.52. The standard InChI is InChI=1S/C6H10O7/c7-1-6(12)4(10)2(8)3(9)5(11)13-6/h2-4,7-10,12H,1H2/t2-,3+,4+,6?/m1/s1. The third-order valence-electron chi connectivity index (χ3n) is 1.85. The molecule has 0 bridgehead atoms. The third-order valence-corrected chi connectivity index (χ3v) is 1.85. The highest BCUT2D eigenvalue weighted by Crippen LogP contribution is 2.23. The maximum atomic E-state index is 10.7. The summed E-state index contributed by atoms with van der Waals surface area (Å²) in [7, 11) is 0. The highest BCUT2D eigenvalue weighted by atomic mass is 16.7. The molecule has 7 nitrogen and oxygen atoms in total. The van der Waals surface area contributed by atoms with Crippen LogP contribution in [0.25, 0.3) is 0 Å². The summed E-state index contributed by atoms with van der Waals surface area (Å²) in [5.74, 6) is -3.84. The van der Waals surface area contributed by atoms with E-state index in [-0.39, 0.29) is 0 Å². The minimum Gasteiger partial charge on any atom is -0.426 e. The fourth-order valence-electron chi connectivity index (χ4n) is 1.000. The summed E-state index contributed by atoms with van der Waals surface area (Å²) in [5, 5.41) is 44.7. The molecule has 0 aromatic rings. The van der Waals surface area contributed by atoms with E-state index in [0.717, 1.165) is 0 Å². The van der Waals surface area contributed by atoms with Gasteiger partial charge in [0.25, 0.3) is 5.79 Å². The van der Waals surface area contributed by atoms with Crippen LogP contribution in [-0.2, 0) is 9.53 Å². The van der Waals surface area contributed by atoms with Crippen molar-refractivity contribution in [2.45, 2.75) is 24.1 Å². The molecule has 76 valence electrons. The molecule has 1 saturated heterocycles. The normalized spacial score (nSPS) is 45.9. The lowest BCUT2D eigenvalue weighted by Gasteiger charge is -2.39. The fraction of sp³-hybridized carbons (Fsp3) is 0.833. The van der Waals surface area contributed by atoms with Gasteiger partial charge in [-0.3, -0.25) is 0 Å². The molecule has 0 aliphatic carbocycles. The number of hydrogen-bond donors (Lipinski definition) is 5. The molecule has 0 aromatic carbocycles. The Bertz CT molecular complexity index is 217. The van der Waals surface area contributed by atoms with Crippen LogP contribution in [0.3, 0.4) is 0 Å². The van der Waals surface area contributed by atoms with Gasteiger partial charge < -0.3 is 30.3 Å². The molecule has 0 amide bonds. The molecule has 0 spiro atoms. The van der Waals surface area contributed by atoms with Crippen LogP contribution in [0.4, 0.5) is 0 Å². The van der Waals surface area contributed by atoms with Gasteiger partial charge in [0.1, 0.15) is 12.7 Å². The first-order chi connectivity index (χ1) is 5.92. The predicted octanol–water partition coefficient (Wildman–Crippen LogP) is -3.69. The van der Waals surface area contributed by atoms with Gasteiger partial charge in [-0.25, -0.2) is 4.79 Å². The van der Waals surface area contributed by atoms with Crippen LogP contribution in [0.5, 0.6) is 0 Å². The SMILES string of the molecule is O=C1OC(O)(CO)[C@@H](O)[C@H](O)[C@@H]1O. The van der Waals surface area contributed by atoms with Crippen LogP contribution in [0.2, 0.25) is 0 Å². The lowest BCUT2D eigenvalue weighted by atomic mass is 9.97. The van der Waals surface area contributed by atoms with Crippen molar-refractivity contribution < 1.29 is 35.1 Å². The average molecular weight is 194 g/mol. The van der Waals surface area contributed by atoms with Gasteiger partial charge in [0.05, 0.1) is 0 Å². The number of esters is 1. The molecule has 4 atom stereocenters. The van der Waals surface area contributed by atoms with E-state index in [0.29, 0.717) is 0 Å². The molecule has 0 radical (unpaired) electrons. The van der Waals surface area contributed by atoms with Crippen LogP contribution < -0.4 is 0 Å². The summed E-state index contributed by atoms with van der Waals surface area (Å²) in [6, 6.07) is 0. The first-order valence-corrected chi connectivity index (χ1v) is 3.52. The second kappa shape index (κ2) is 3.20. The summed E-state index contributed by atoms with van der Waals surface area (Å²) < 4.78 is 4.12. The van der Waals surface area contributed by atoms with Crippen molar-refractivity contribution in [3.63, 3.8) is 0 Å². The molecule has 1 fully saturated rings. The minimum atomic E-state index is -2.55. The highest BCUT2D eigenvalue weighted by molar-refractivity contribution is 5.76. The lowest BCUT2D eigenvalue weighted by molar-refractivity contribution is -0.307. The maximum Gasteiger partial charge on any atom is 0.340 e. The second-order valence-electron chi connectivity index (χ2n) is 2.80. The minimum absolute atomic E-state index is 1.07. The summed E-state index contributed by atoms with van der Waals surface area (Å²) >= 11 is 0. The van der Waals surface area contributed by atoms with E-state index < -0.39 is 36.7 Å². The van der Waals surface area contributed by atoms with Crippen LogP contribution in [-0.4, -0.2) is 62.2 Å². The molecule has 7 heteroatoms. The topological polar surface area (TPSA) is 127 Å². The Kier molecular flexibility index (Phi) is 2.55. The first kappa shape index (κ1) is 10.4. The van der Waals surface area contributed by atoms with Crippen LogP contribution >= 0.6 is 0 Å². The van der Waals surface area contributed by atoms with Crippen molar-refractivity contribution >= 4 is 5.97 Å². The van der Waals surface area contributed by atoms with Gasteiger partial charge >= 0.3 is 5.97 Å². The van der Waals surface area contributed by atoms with E-state index in [1.165, 1.54) is 0 Å². The molecule has 1 aliphatic rings. The first-order valence-electron chi connectivity index (χ1n) is 3.52. The molecule has 1 unspecified atom stereocenters. The van der Waals surface area contributed by atoms with Gasteiger partial charge in [-0.05, 0) is 0 Å². The van der Waals surface area contributed by atoms with Crippen molar-refractivity contribution in [1.82, 2.24) is 0 Å². The van der Waals surface area contributed by atoms with Crippen LogP contribution in [0, 0.1) is 0 Å². The molecule has 5 N–H and O–H groups in total. The Labute approximate surface area is 72.8 Å². The number of cyclic esters (lactones) is 1. The zero-order chi connectivity index (χ0) is 10.2. The van der Waals surface area contributed by atoms with Crippen molar-refractivity contribution in [2.75, 3.05) is 6.61 Å². The monoisotopic (exact) mass is 194 g/mol.